The average molecular weight is 434 g/mol. The van der Waals surface area contributed by atoms with Gasteiger partial charge in [0, 0.05) is 19.6 Å². The van der Waals surface area contributed by atoms with E-state index in [1.807, 2.05) is 6.07 Å². The van der Waals surface area contributed by atoms with Crippen molar-refractivity contribution >= 4 is 27.4 Å². The van der Waals surface area contributed by atoms with Gasteiger partial charge in [0.25, 0.3) is 0 Å². The second kappa shape index (κ2) is 8.66. The van der Waals surface area contributed by atoms with Crippen molar-refractivity contribution in [2.24, 2.45) is 0 Å². The highest BCUT2D eigenvalue weighted by Gasteiger charge is 2.39. The predicted octanol–water partition coefficient (Wildman–Crippen LogP) is 1.85. The molecule has 10 heteroatoms. The van der Waals surface area contributed by atoms with E-state index in [0.29, 0.717) is 31.7 Å². The monoisotopic (exact) mass is 434 g/mol. The van der Waals surface area contributed by atoms with Gasteiger partial charge in [-0.25, -0.2) is 17.8 Å². The highest BCUT2D eigenvalue weighted by molar-refractivity contribution is 7.89. The topological polar surface area (TPSA) is 91.8 Å². The Morgan fingerprint density at radius 2 is 1.83 bits per heavy atom. The Balaban J connectivity index is 1.45. The van der Waals surface area contributed by atoms with Crippen LogP contribution >= 0.6 is 0 Å². The van der Waals surface area contributed by atoms with Crippen LogP contribution in [0.1, 0.15) is 12.8 Å². The van der Waals surface area contributed by atoms with Crippen LogP contribution in [-0.2, 0) is 19.6 Å². The summed E-state index contributed by atoms with van der Waals surface area (Å²) >= 11 is 0. The molecule has 2 aromatic rings. The molecule has 8 nitrogen and oxygen atoms in total. The lowest BCUT2D eigenvalue weighted by Gasteiger charge is -2.28. The van der Waals surface area contributed by atoms with Crippen LogP contribution in [0.15, 0.2) is 47.5 Å². The number of nitrogens with zero attached hydrogens (tertiary/aromatic N) is 3. The number of morpholine rings is 1. The summed E-state index contributed by atoms with van der Waals surface area (Å²) in [5, 5.41) is 2.77. The van der Waals surface area contributed by atoms with Gasteiger partial charge < -0.3 is 15.0 Å². The van der Waals surface area contributed by atoms with E-state index >= 15 is 0 Å². The van der Waals surface area contributed by atoms with Crippen molar-refractivity contribution in [1.82, 2.24) is 9.29 Å². The van der Waals surface area contributed by atoms with Crippen LogP contribution < -0.4 is 10.2 Å². The van der Waals surface area contributed by atoms with Gasteiger partial charge in [-0.15, -0.1) is 0 Å². The molecular weight excluding hydrogens is 411 g/mol. The van der Waals surface area contributed by atoms with E-state index in [2.05, 4.69) is 15.2 Å². The second-order valence-electron chi connectivity index (χ2n) is 7.22. The number of hydrogen-bond donors (Lipinski definition) is 1. The van der Waals surface area contributed by atoms with E-state index in [0.717, 1.165) is 31.0 Å². The van der Waals surface area contributed by atoms with E-state index in [1.165, 1.54) is 16.4 Å². The molecule has 3 heterocycles. The van der Waals surface area contributed by atoms with Gasteiger partial charge >= 0.3 is 0 Å². The molecule has 0 bridgehead atoms. The Kier molecular flexibility index (Phi) is 5.98. The summed E-state index contributed by atoms with van der Waals surface area (Å²) in [4.78, 5) is 19.3. The van der Waals surface area contributed by atoms with Crippen LogP contribution in [0.4, 0.5) is 15.9 Å². The first-order chi connectivity index (χ1) is 14.4. The molecule has 1 amide bonds. The number of pyridine rings is 1. The van der Waals surface area contributed by atoms with Gasteiger partial charge in [-0.1, -0.05) is 0 Å². The molecule has 0 saturated carbocycles. The molecule has 0 spiro atoms. The molecule has 2 aliphatic heterocycles. The number of hydrogen-bond acceptors (Lipinski definition) is 6. The fraction of sp³-hybridized carbons (Fsp3) is 0.400. The number of benzene rings is 1. The van der Waals surface area contributed by atoms with E-state index in [1.54, 1.807) is 12.3 Å². The van der Waals surface area contributed by atoms with Crippen LogP contribution in [0.2, 0.25) is 0 Å². The molecule has 0 unspecified atom stereocenters. The minimum absolute atomic E-state index is 0.0277. The summed E-state index contributed by atoms with van der Waals surface area (Å²) in [6.07, 6.45) is 2.56. The molecule has 160 valence electrons. The average Bonchev–Trinajstić information content (AvgIpc) is 3.26. The van der Waals surface area contributed by atoms with Gasteiger partial charge in [0.2, 0.25) is 15.9 Å². The molecule has 30 heavy (non-hydrogen) atoms. The van der Waals surface area contributed by atoms with Crippen LogP contribution in [0.5, 0.6) is 0 Å². The number of anilines is 2. The zero-order valence-corrected chi connectivity index (χ0v) is 17.1. The van der Waals surface area contributed by atoms with E-state index in [4.69, 9.17) is 4.74 Å². The number of ether oxygens (including phenoxy) is 1. The fourth-order valence-corrected chi connectivity index (χ4v) is 5.35. The van der Waals surface area contributed by atoms with Crippen molar-refractivity contribution in [3.63, 3.8) is 0 Å². The Morgan fingerprint density at radius 1 is 1.10 bits per heavy atom. The normalized spacial score (nSPS) is 20.3. The van der Waals surface area contributed by atoms with Gasteiger partial charge in [-0.05, 0) is 49.2 Å². The number of rotatable bonds is 5. The molecule has 1 aromatic carbocycles. The lowest BCUT2D eigenvalue weighted by molar-refractivity contribution is -0.119. The molecular formula is C20H23FN4O4S. The van der Waals surface area contributed by atoms with Crippen LogP contribution in [0.25, 0.3) is 0 Å². The van der Waals surface area contributed by atoms with Crippen LogP contribution in [0.3, 0.4) is 0 Å². The fourth-order valence-electron chi connectivity index (χ4n) is 3.70. The molecule has 2 aliphatic rings. The van der Waals surface area contributed by atoms with Gasteiger partial charge in [0.15, 0.2) is 0 Å². The summed E-state index contributed by atoms with van der Waals surface area (Å²) in [7, 11) is -3.89. The van der Waals surface area contributed by atoms with Crippen LogP contribution in [-0.4, -0.2) is 62.5 Å². The molecule has 2 fully saturated rings. The minimum Gasteiger partial charge on any atom is -0.378 e. The minimum atomic E-state index is -3.89. The quantitative estimate of drug-likeness (QED) is 0.772. The predicted molar refractivity (Wildman–Crippen MR) is 109 cm³/mol. The smallest absolute Gasteiger partial charge is 0.243 e. The second-order valence-corrected chi connectivity index (χ2v) is 9.11. The Bertz CT molecular complexity index is 992. The van der Waals surface area contributed by atoms with Crippen molar-refractivity contribution < 1.29 is 22.3 Å². The molecule has 1 aromatic heterocycles. The number of carbonyl (C=O) groups excluding carboxylic acids is 1. The first-order valence-electron chi connectivity index (χ1n) is 9.82. The number of amides is 1. The number of aromatic nitrogens is 1. The van der Waals surface area contributed by atoms with E-state index < -0.39 is 27.8 Å². The highest BCUT2D eigenvalue weighted by atomic mass is 32.2. The number of halogens is 1. The maximum Gasteiger partial charge on any atom is 0.243 e. The van der Waals surface area contributed by atoms with Gasteiger partial charge in [-0.3, -0.25) is 4.79 Å². The van der Waals surface area contributed by atoms with Gasteiger partial charge in [-0.2, -0.15) is 4.31 Å². The van der Waals surface area contributed by atoms with E-state index in [9.17, 15) is 17.6 Å². The van der Waals surface area contributed by atoms with Crippen molar-refractivity contribution in [3.8, 4) is 0 Å². The summed E-state index contributed by atoms with van der Waals surface area (Å²) in [6.45, 7) is 3.07. The molecule has 4 rings (SSSR count). The SMILES string of the molecule is O=C(Nc1ccc(N2CCOCC2)nc1)[C@H]1CCCN1S(=O)(=O)c1ccc(F)cc1. The van der Waals surface area contributed by atoms with Gasteiger partial charge in [0.1, 0.15) is 17.7 Å². The highest BCUT2D eigenvalue weighted by Crippen LogP contribution is 2.27. The standard InChI is InChI=1S/C20H23FN4O4S/c21-15-3-6-17(7-4-15)30(27,28)25-9-1-2-18(25)20(26)23-16-5-8-19(22-14-16)24-10-12-29-13-11-24/h3-8,14,18H,1-2,9-13H2,(H,23,26)/t18-/m1/s1. The maximum absolute atomic E-state index is 13.2. The van der Waals surface area contributed by atoms with Gasteiger partial charge in [0.05, 0.1) is 30.0 Å². The van der Waals surface area contributed by atoms with Crippen LogP contribution in [0, 0.1) is 5.82 Å². The largest absolute Gasteiger partial charge is 0.378 e. The summed E-state index contributed by atoms with van der Waals surface area (Å²) in [5.74, 6) is -0.116. The summed E-state index contributed by atoms with van der Waals surface area (Å²) in [6, 6.07) is 7.38. The lowest BCUT2D eigenvalue weighted by atomic mass is 10.2. The number of sulfonamides is 1. The molecule has 0 radical (unpaired) electrons. The summed E-state index contributed by atoms with van der Waals surface area (Å²) < 4.78 is 45.5. The third kappa shape index (κ3) is 4.30. The van der Waals surface area contributed by atoms with Crippen molar-refractivity contribution in [1.29, 1.82) is 0 Å². The Labute approximate surface area is 174 Å². The number of nitrogens with one attached hydrogen (secondary N) is 1. The maximum atomic E-state index is 13.2. The first-order valence-corrected chi connectivity index (χ1v) is 11.3. The molecule has 2 saturated heterocycles. The molecule has 1 N–H and O–H groups in total. The zero-order valence-electron chi connectivity index (χ0n) is 16.3. The molecule has 0 aliphatic carbocycles. The van der Waals surface area contributed by atoms with Crippen molar-refractivity contribution in [2.75, 3.05) is 43.1 Å². The summed E-state index contributed by atoms with van der Waals surface area (Å²) in [5.41, 5.74) is 0.503. The Hall–Kier alpha value is -2.56. The van der Waals surface area contributed by atoms with Crippen molar-refractivity contribution in [3.05, 3.63) is 48.4 Å². The Morgan fingerprint density at radius 3 is 2.50 bits per heavy atom. The third-order valence-electron chi connectivity index (χ3n) is 5.28. The number of carbonyl (C=O) groups is 1. The zero-order chi connectivity index (χ0) is 21.1. The molecule has 1 atom stereocenters. The van der Waals surface area contributed by atoms with Crippen molar-refractivity contribution in [2.45, 2.75) is 23.8 Å². The van der Waals surface area contributed by atoms with E-state index in [-0.39, 0.29) is 11.4 Å². The first kappa shape index (κ1) is 20.7. The lowest BCUT2D eigenvalue weighted by Crippen LogP contribution is -2.43. The third-order valence-corrected chi connectivity index (χ3v) is 7.20.